The van der Waals surface area contributed by atoms with Crippen LogP contribution in [-0.2, 0) is 0 Å². The van der Waals surface area contributed by atoms with Crippen molar-refractivity contribution >= 4 is 11.8 Å². The summed E-state index contributed by atoms with van der Waals surface area (Å²) in [5.74, 6) is 1.52. The van der Waals surface area contributed by atoms with Crippen LogP contribution in [0.1, 0.15) is 86.1 Å². The van der Waals surface area contributed by atoms with Gasteiger partial charge in [0.05, 0.1) is 21.9 Å². The van der Waals surface area contributed by atoms with Crippen LogP contribution in [-0.4, -0.2) is 9.97 Å². The topological polar surface area (TPSA) is 25.8 Å². The molecular formula is C24H32N2S. The summed E-state index contributed by atoms with van der Waals surface area (Å²) in [7, 11) is 0. The molecule has 2 saturated carbocycles. The van der Waals surface area contributed by atoms with Gasteiger partial charge in [-0.1, -0.05) is 50.7 Å². The largest absolute Gasteiger partial charge is 0.260 e. The lowest BCUT2D eigenvalue weighted by atomic mass is 9.85. The molecule has 4 rings (SSSR count). The van der Waals surface area contributed by atoms with Crippen molar-refractivity contribution in [1.82, 2.24) is 9.97 Å². The van der Waals surface area contributed by atoms with Gasteiger partial charge in [0, 0.05) is 12.4 Å². The molecule has 0 N–H and O–H groups in total. The van der Waals surface area contributed by atoms with Crippen molar-refractivity contribution in [2.24, 2.45) is 11.8 Å². The fourth-order valence-corrected chi connectivity index (χ4v) is 6.83. The molecule has 2 aliphatic rings. The highest BCUT2D eigenvalue weighted by Crippen LogP contribution is 2.52. The fraction of sp³-hybridized carbons (Fsp3) is 0.583. The first-order valence-electron chi connectivity index (χ1n) is 10.9. The average Bonchev–Trinajstić information content (AvgIpc) is 2.77. The smallest absolute Gasteiger partial charge is 0.0536 e. The second-order valence-corrected chi connectivity index (χ2v) is 9.57. The van der Waals surface area contributed by atoms with E-state index in [4.69, 9.17) is 9.97 Å². The van der Waals surface area contributed by atoms with E-state index >= 15 is 0 Å². The highest BCUT2D eigenvalue weighted by molar-refractivity contribution is 7.99. The van der Waals surface area contributed by atoms with Gasteiger partial charge in [-0.15, -0.1) is 11.8 Å². The normalized spacial score (nSPS) is 21.6. The van der Waals surface area contributed by atoms with E-state index < -0.39 is 0 Å². The van der Waals surface area contributed by atoms with Crippen LogP contribution < -0.4 is 0 Å². The molecule has 0 aliphatic heterocycles. The van der Waals surface area contributed by atoms with Crippen molar-refractivity contribution < 1.29 is 0 Å². The number of hydrogen-bond donors (Lipinski definition) is 0. The van der Waals surface area contributed by atoms with E-state index in [1.165, 1.54) is 75.6 Å². The predicted molar refractivity (Wildman–Crippen MR) is 115 cm³/mol. The van der Waals surface area contributed by atoms with Crippen LogP contribution in [0.25, 0.3) is 0 Å². The maximum absolute atomic E-state index is 4.80. The van der Waals surface area contributed by atoms with E-state index in [0.29, 0.717) is 10.5 Å². The summed E-state index contributed by atoms with van der Waals surface area (Å²) >= 11 is 2.18. The van der Waals surface area contributed by atoms with Crippen molar-refractivity contribution in [2.75, 3.05) is 0 Å². The van der Waals surface area contributed by atoms with Crippen LogP contribution >= 0.6 is 11.8 Å². The van der Waals surface area contributed by atoms with Gasteiger partial charge in [-0.3, -0.25) is 9.97 Å². The van der Waals surface area contributed by atoms with E-state index in [1.54, 1.807) is 0 Å². The Bertz CT molecular complexity index is 604. The molecular weight excluding hydrogens is 348 g/mol. The van der Waals surface area contributed by atoms with Crippen molar-refractivity contribution in [3.05, 3.63) is 60.2 Å². The molecule has 2 atom stereocenters. The molecule has 2 fully saturated rings. The Labute approximate surface area is 168 Å². The van der Waals surface area contributed by atoms with Gasteiger partial charge in [0.1, 0.15) is 0 Å². The summed E-state index contributed by atoms with van der Waals surface area (Å²) in [5, 5.41) is 1.00. The molecule has 2 aromatic rings. The van der Waals surface area contributed by atoms with Crippen LogP contribution in [0.15, 0.2) is 48.8 Å². The SMILES string of the molecule is c1ccc(C(SC(c2ccccn2)C2CCCCC2)C2CCCCC2)nc1. The van der Waals surface area contributed by atoms with Gasteiger partial charge < -0.3 is 0 Å². The Hall–Kier alpha value is -1.35. The number of hydrogen-bond acceptors (Lipinski definition) is 3. The third-order valence-electron chi connectivity index (χ3n) is 6.41. The Kier molecular flexibility index (Phi) is 6.84. The minimum atomic E-state index is 0.500. The van der Waals surface area contributed by atoms with Gasteiger partial charge in [-0.2, -0.15) is 0 Å². The van der Waals surface area contributed by atoms with Gasteiger partial charge in [0.2, 0.25) is 0 Å². The zero-order valence-electron chi connectivity index (χ0n) is 16.3. The Balaban J connectivity index is 1.62. The first kappa shape index (κ1) is 19.0. The van der Waals surface area contributed by atoms with Crippen LogP contribution in [0, 0.1) is 11.8 Å². The van der Waals surface area contributed by atoms with Crippen molar-refractivity contribution in [2.45, 2.75) is 74.7 Å². The summed E-state index contributed by atoms with van der Waals surface area (Å²) < 4.78 is 0. The van der Waals surface area contributed by atoms with Crippen LogP contribution in [0.4, 0.5) is 0 Å². The number of rotatable bonds is 6. The molecule has 2 unspecified atom stereocenters. The molecule has 0 spiro atoms. The molecule has 2 nitrogen and oxygen atoms in total. The van der Waals surface area contributed by atoms with Crippen molar-refractivity contribution in [1.29, 1.82) is 0 Å². The van der Waals surface area contributed by atoms with Gasteiger partial charge in [-0.25, -0.2) is 0 Å². The molecule has 0 saturated heterocycles. The zero-order chi connectivity index (χ0) is 18.3. The van der Waals surface area contributed by atoms with E-state index in [2.05, 4.69) is 36.0 Å². The number of pyridine rings is 2. The maximum atomic E-state index is 4.80. The van der Waals surface area contributed by atoms with Crippen molar-refractivity contribution in [3.8, 4) is 0 Å². The van der Waals surface area contributed by atoms with Crippen LogP contribution in [0.3, 0.4) is 0 Å². The summed E-state index contributed by atoms with van der Waals surface area (Å²) in [4.78, 5) is 9.61. The van der Waals surface area contributed by atoms with Gasteiger partial charge in [-0.05, 0) is 61.8 Å². The monoisotopic (exact) mass is 380 g/mol. The lowest BCUT2D eigenvalue weighted by molar-refractivity contribution is 0.336. The minimum Gasteiger partial charge on any atom is -0.260 e. The molecule has 3 heteroatoms. The van der Waals surface area contributed by atoms with E-state index in [1.807, 2.05) is 24.5 Å². The standard InChI is InChI=1S/C24H32N2S/c1-3-11-19(12-4-1)23(21-15-7-9-17-25-21)27-24(20-13-5-2-6-14-20)22-16-8-10-18-26-22/h7-10,15-20,23-24H,1-6,11-14H2. The zero-order valence-corrected chi connectivity index (χ0v) is 17.1. The lowest BCUT2D eigenvalue weighted by Gasteiger charge is -2.36. The summed E-state index contributed by atoms with van der Waals surface area (Å²) in [6.07, 6.45) is 17.7. The van der Waals surface area contributed by atoms with Crippen molar-refractivity contribution in [3.63, 3.8) is 0 Å². The Morgan fingerprint density at radius 3 is 1.44 bits per heavy atom. The quantitative estimate of drug-likeness (QED) is 0.532. The lowest BCUT2D eigenvalue weighted by Crippen LogP contribution is -2.20. The predicted octanol–water partition coefficient (Wildman–Crippen LogP) is 7.15. The second kappa shape index (κ2) is 9.73. The summed E-state index contributed by atoms with van der Waals surface area (Å²) in [5.41, 5.74) is 2.57. The molecule has 2 aromatic heterocycles. The van der Waals surface area contributed by atoms with E-state index in [0.717, 1.165) is 11.8 Å². The first-order chi connectivity index (χ1) is 13.4. The molecule has 2 aliphatic carbocycles. The van der Waals surface area contributed by atoms with Crippen LogP contribution in [0.2, 0.25) is 0 Å². The fourth-order valence-electron chi connectivity index (χ4n) is 4.96. The maximum Gasteiger partial charge on any atom is 0.0536 e. The highest BCUT2D eigenvalue weighted by atomic mass is 32.2. The first-order valence-corrected chi connectivity index (χ1v) is 11.8. The Morgan fingerprint density at radius 1 is 0.630 bits per heavy atom. The number of nitrogens with zero attached hydrogens (tertiary/aromatic N) is 2. The molecule has 0 radical (unpaired) electrons. The van der Waals surface area contributed by atoms with E-state index in [9.17, 15) is 0 Å². The van der Waals surface area contributed by atoms with E-state index in [-0.39, 0.29) is 0 Å². The minimum absolute atomic E-state index is 0.500. The average molecular weight is 381 g/mol. The Morgan fingerprint density at radius 2 is 1.07 bits per heavy atom. The summed E-state index contributed by atoms with van der Waals surface area (Å²) in [6, 6.07) is 12.9. The number of aromatic nitrogens is 2. The molecule has 2 heterocycles. The summed E-state index contributed by atoms with van der Waals surface area (Å²) in [6.45, 7) is 0. The van der Waals surface area contributed by atoms with Crippen LogP contribution in [0.5, 0.6) is 0 Å². The molecule has 144 valence electrons. The second-order valence-electron chi connectivity index (χ2n) is 8.28. The molecule has 0 aromatic carbocycles. The number of thioether (sulfide) groups is 1. The van der Waals surface area contributed by atoms with Gasteiger partial charge in [0.15, 0.2) is 0 Å². The van der Waals surface area contributed by atoms with Gasteiger partial charge in [0.25, 0.3) is 0 Å². The van der Waals surface area contributed by atoms with Gasteiger partial charge >= 0.3 is 0 Å². The molecule has 0 bridgehead atoms. The highest BCUT2D eigenvalue weighted by Gasteiger charge is 2.34. The third-order valence-corrected chi connectivity index (χ3v) is 8.25. The third kappa shape index (κ3) is 4.93. The molecule has 27 heavy (non-hydrogen) atoms. The molecule has 0 amide bonds.